The first kappa shape index (κ1) is 13.4. The van der Waals surface area contributed by atoms with Gasteiger partial charge >= 0.3 is 0 Å². The maximum Gasteiger partial charge on any atom is 0.0913 e. The molecule has 2 nitrogen and oxygen atoms in total. The van der Waals surface area contributed by atoms with E-state index in [1.165, 1.54) is 35.2 Å². The highest BCUT2D eigenvalue weighted by Crippen LogP contribution is 2.36. The SMILES string of the molecule is CCNc1c2c(nc3c(Cl)cc(I)cc13)CCCC2. The molecule has 3 rings (SSSR count). The fourth-order valence-corrected chi connectivity index (χ4v) is 3.90. The molecule has 4 heteroatoms. The lowest BCUT2D eigenvalue weighted by atomic mass is 9.92. The van der Waals surface area contributed by atoms with Gasteiger partial charge in [-0.1, -0.05) is 11.6 Å². The number of fused-ring (bicyclic) bond motifs is 2. The van der Waals surface area contributed by atoms with Crippen LogP contribution < -0.4 is 5.32 Å². The monoisotopic (exact) mass is 386 g/mol. The molecule has 1 aromatic carbocycles. The third-order valence-corrected chi connectivity index (χ3v) is 4.55. The molecule has 0 atom stereocenters. The van der Waals surface area contributed by atoms with Gasteiger partial charge in [-0.05, 0) is 72.9 Å². The minimum Gasteiger partial charge on any atom is -0.384 e. The molecule has 1 heterocycles. The predicted octanol–water partition coefficient (Wildman–Crippen LogP) is 4.80. The van der Waals surface area contributed by atoms with Crippen LogP contribution in [0.1, 0.15) is 31.0 Å². The lowest BCUT2D eigenvalue weighted by Gasteiger charge is -2.21. The summed E-state index contributed by atoms with van der Waals surface area (Å²) in [6, 6.07) is 4.17. The van der Waals surface area contributed by atoms with Crippen LogP contribution in [0.3, 0.4) is 0 Å². The summed E-state index contributed by atoms with van der Waals surface area (Å²) >= 11 is 8.70. The summed E-state index contributed by atoms with van der Waals surface area (Å²) in [6.07, 6.45) is 4.70. The van der Waals surface area contributed by atoms with Crippen molar-refractivity contribution in [3.63, 3.8) is 0 Å². The van der Waals surface area contributed by atoms with E-state index in [9.17, 15) is 0 Å². The first-order valence-electron chi connectivity index (χ1n) is 6.75. The largest absolute Gasteiger partial charge is 0.384 e. The van der Waals surface area contributed by atoms with Crippen LogP contribution in [0.4, 0.5) is 5.69 Å². The zero-order valence-corrected chi connectivity index (χ0v) is 13.8. The Labute approximate surface area is 132 Å². The second-order valence-corrected chi connectivity index (χ2v) is 6.59. The van der Waals surface area contributed by atoms with Crippen molar-refractivity contribution in [1.82, 2.24) is 4.98 Å². The summed E-state index contributed by atoms with van der Waals surface area (Å²) in [7, 11) is 0. The normalized spacial score (nSPS) is 14.5. The van der Waals surface area contributed by atoms with E-state index in [2.05, 4.69) is 40.9 Å². The van der Waals surface area contributed by atoms with Crippen molar-refractivity contribution in [2.45, 2.75) is 32.6 Å². The van der Waals surface area contributed by atoms with Crippen molar-refractivity contribution in [2.24, 2.45) is 0 Å². The van der Waals surface area contributed by atoms with Crippen LogP contribution in [-0.2, 0) is 12.8 Å². The fraction of sp³-hybridized carbons (Fsp3) is 0.400. The van der Waals surface area contributed by atoms with Gasteiger partial charge in [-0.3, -0.25) is 4.98 Å². The number of anilines is 1. The standard InChI is InChI=1S/C15H16ClIN2/c1-2-18-14-10-5-3-4-6-13(10)19-15-11(14)7-9(17)8-12(15)16/h7-8H,2-6H2,1H3,(H,18,19). The molecule has 19 heavy (non-hydrogen) atoms. The molecule has 0 bridgehead atoms. The topological polar surface area (TPSA) is 24.9 Å². The van der Waals surface area contributed by atoms with Gasteiger partial charge in [-0.25, -0.2) is 0 Å². The maximum atomic E-state index is 6.38. The minimum absolute atomic E-state index is 0.759. The molecule has 0 saturated carbocycles. The van der Waals surface area contributed by atoms with Crippen LogP contribution in [0, 0.1) is 3.57 Å². The molecule has 1 N–H and O–H groups in total. The Morgan fingerprint density at radius 3 is 2.89 bits per heavy atom. The summed E-state index contributed by atoms with van der Waals surface area (Å²) in [6.45, 7) is 3.06. The number of aromatic nitrogens is 1. The number of halogens is 2. The van der Waals surface area contributed by atoms with E-state index in [1.54, 1.807) is 0 Å². The van der Waals surface area contributed by atoms with Gasteiger partial charge in [0.2, 0.25) is 0 Å². The van der Waals surface area contributed by atoms with Gasteiger partial charge in [0.05, 0.1) is 10.5 Å². The van der Waals surface area contributed by atoms with Crippen molar-refractivity contribution in [3.8, 4) is 0 Å². The Bertz CT molecular complexity index is 640. The number of rotatable bonds is 2. The number of nitrogens with zero attached hydrogens (tertiary/aromatic N) is 1. The molecule has 0 aliphatic heterocycles. The van der Waals surface area contributed by atoms with E-state index >= 15 is 0 Å². The van der Waals surface area contributed by atoms with Gasteiger partial charge in [0.25, 0.3) is 0 Å². The van der Waals surface area contributed by atoms with E-state index in [1.807, 2.05) is 6.07 Å². The molecular formula is C15H16ClIN2. The Balaban J connectivity index is 2.35. The smallest absolute Gasteiger partial charge is 0.0913 e. The Morgan fingerprint density at radius 1 is 1.32 bits per heavy atom. The van der Waals surface area contributed by atoms with Gasteiger partial charge in [-0.15, -0.1) is 0 Å². The zero-order valence-electron chi connectivity index (χ0n) is 10.9. The summed E-state index contributed by atoms with van der Waals surface area (Å²) in [5.41, 5.74) is 4.83. The third-order valence-electron chi connectivity index (χ3n) is 3.64. The highest BCUT2D eigenvalue weighted by atomic mass is 127. The number of pyridine rings is 1. The second-order valence-electron chi connectivity index (χ2n) is 4.93. The Hall–Kier alpha value is -0.550. The highest BCUT2D eigenvalue weighted by molar-refractivity contribution is 14.1. The fourth-order valence-electron chi connectivity index (χ4n) is 2.83. The van der Waals surface area contributed by atoms with Crippen LogP contribution in [0.5, 0.6) is 0 Å². The lowest BCUT2D eigenvalue weighted by Crippen LogP contribution is -2.11. The molecule has 0 radical (unpaired) electrons. The number of hydrogen-bond donors (Lipinski definition) is 1. The van der Waals surface area contributed by atoms with Crippen LogP contribution in [0.2, 0.25) is 5.02 Å². The molecule has 0 unspecified atom stereocenters. The van der Waals surface area contributed by atoms with Crippen molar-refractivity contribution in [1.29, 1.82) is 0 Å². The average Bonchev–Trinajstić information content (AvgIpc) is 2.40. The highest BCUT2D eigenvalue weighted by Gasteiger charge is 2.19. The molecule has 0 spiro atoms. The van der Waals surface area contributed by atoms with Gasteiger partial charge in [0.1, 0.15) is 0 Å². The van der Waals surface area contributed by atoms with Crippen LogP contribution in [0.25, 0.3) is 10.9 Å². The zero-order chi connectivity index (χ0) is 13.4. The van der Waals surface area contributed by atoms with Crippen molar-refractivity contribution in [2.75, 3.05) is 11.9 Å². The van der Waals surface area contributed by atoms with Crippen molar-refractivity contribution < 1.29 is 0 Å². The number of hydrogen-bond acceptors (Lipinski definition) is 2. The molecule has 1 aliphatic rings. The summed E-state index contributed by atoms with van der Waals surface area (Å²) in [5, 5.41) is 5.46. The van der Waals surface area contributed by atoms with Crippen LogP contribution >= 0.6 is 34.2 Å². The first-order chi connectivity index (χ1) is 9.20. The van der Waals surface area contributed by atoms with Gasteiger partial charge in [0.15, 0.2) is 0 Å². The van der Waals surface area contributed by atoms with E-state index in [0.29, 0.717) is 0 Å². The van der Waals surface area contributed by atoms with Crippen molar-refractivity contribution in [3.05, 3.63) is 32.0 Å². The number of aryl methyl sites for hydroxylation is 1. The Kier molecular flexibility index (Phi) is 3.85. The summed E-state index contributed by atoms with van der Waals surface area (Å²) in [4.78, 5) is 4.82. The quantitative estimate of drug-likeness (QED) is 0.750. The number of nitrogens with one attached hydrogen (secondary N) is 1. The lowest BCUT2D eigenvalue weighted by molar-refractivity contribution is 0.672. The van der Waals surface area contributed by atoms with Gasteiger partial charge in [0, 0.05) is 26.9 Å². The maximum absolute atomic E-state index is 6.38. The molecular weight excluding hydrogens is 371 g/mol. The van der Waals surface area contributed by atoms with E-state index in [0.717, 1.165) is 33.5 Å². The third kappa shape index (κ3) is 2.42. The first-order valence-corrected chi connectivity index (χ1v) is 8.20. The summed E-state index contributed by atoms with van der Waals surface area (Å²) < 4.78 is 1.16. The van der Waals surface area contributed by atoms with Crippen molar-refractivity contribution >= 4 is 50.8 Å². The minimum atomic E-state index is 0.759. The Morgan fingerprint density at radius 2 is 2.11 bits per heavy atom. The molecule has 0 fully saturated rings. The predicted molar refractivity (Wildman–Crippen MR) is 90.3 cm³/mol. The second kappa shape index (κ2) is 5.44. The van der Waals surface area contributed by atoms with Gasteiger partial charge in [-0.2, -0.15) is 0 Å². The van der Waals surface area contributed by atoms with E-state index in [-0.39, 0.29) is 0 Å². The molecule has 1 aromatic heterocycles. The van der Waals surface area contributed by atoms with E-state index in [4.69, 9.17) is 16.6 Å². The number of benzene rings is 1. The average molecular weight is 387 g/mol. The molecule has 2 aromatic rings. The molecule has 100 valence electrons. The van der Waals surface area contributed by atoms with Crippen LogP contribution in [-0.4, -0.2) is 11.5 Å². The molecule has 0 saturated heterocycles. The van der Waals surface area contributed by atoms with E-state index < -0.39 is 0 Å². The van der Waals surface area contributed by atoms with Crippen LogP contribution in [0.15, 0.2) is 12.1 Å². The summed E-state index contributed by atoms with van der Waals surface area (Å²) in [5.74, 6) is 0. The van der Waals surface area contributed by atoms with Gasteiger partial charge < -0.3 is 5.32 Å². The molecule has 1 aliphatic carbocycles. The molecule has 0 amide bonds.